The normalized spacial score (nSPS) is 23.5. The van der Waals surface area contributed by atoms with E-state index in [4.69, 9.17) is 9.47 Å². The second-order valence-electron chi connectivity index (χ2n) is 3.74. The van der Waals surface area contributed by atoms with Gasteiger partial charge in [-0.2, -0.15) is 5.10 Å². The van der Waals surface area contributed by atoms with Gasteiger partial charge in [-0.1, -0.05) is 0 Å². The van der Waals surface area contributed by atoms with Gasteiger partial charge in [-0.15, -0.1) is 0 Å². The molecule has 0 aromatic carbocycles. The molecule has 0 N–H and O–H groups in total. The summed E-state index contributed by atoms with van der Waals surface area (Å²) in [4.78, 5) is 0. The summed E-state index contributed by atoms with van der Waals surface area (Å²) in [6, 6.07) is 0. The van der Waals surface area contributed by atoms with E-state index in [1.807, 2.05) is 4.68 Å². The van der Waals surface area contributed by atoms with Crippen LogP contribution in [0.15, 0.2) is 10.7 Å². The molecule has 0 bridgehead atoms. The van der Waals surface area contributed by atoms with Crippen molar-refractivity contribution in [1.29, 1.82) is 0 Å². The third-order valence-corrected chi connectivity index (χ3v) is 3.11. The molecule has 3 heterocycles. The molecule has 0 radical (unpaired) electrons. The van der Waals surface area contributed by atoms with E-state index >= 15 is 0 Å². The topological polar surface area (TPSA) is 36.3 Å². The quantitative estimate of drug-likeness (QED) is 0.685. The highest BCUT2D eigenvalue weighted by Crippen LogP contribution is 2.38. The zero-order chi connectivity index (χ0) is 8.89. The third-order valence-electron chi connectivity index (χ3n) is 2.57. The van der Waals surface area contributed by atoms with Gasteiger partial charge in [0, 0.05) is 0 Å². The van der Waals surface area contributed by atoms with Crippen molar-refractivity contribution in [2.24, 2.45) is 5.41 Å². The summed E-state index contributed by atoms with van der Waals surface area (Å²) in [5.41, 5.74) is 0.193. The van der Waals surface area contributed by atoms with Crippen LogP contribution in [0.4, 0.5) is 0 Å². The Labute approximate surface area is 83.9 Å². The van der Waals surface area contributed by atoms with E-state index in [-0.39, 0.29) is 5.41 Å². The zero-order valence-corrected chi connectivity index (χ0v) is 8.58. The van der Waals surface area contributed by atoms with Crippen molar-refractivity contribution in [3.8, 4) is 5.88 Å². The second kappa shape index (κ2) is 2.48. The molecular weight excluding hydrogens is 236 g/mol. The molecule has 0 aliphatic carbocycles. The molecule has 2 aliphatic rings. The molecule has 3 rings (SSSR count). The molecule has 0 amide bonds. The Kier molecular flexibility index (Phi) is 1.49. The summed E-state index contributed by atoms with van der Waals surface area (Å²) in [7, 11) is 0. The molecule has 1 spiro atoms. The van der Waals surface area contributed by atoms with Crippen molar-refractivity contribution in [3.63, 3.8) is 0 Å². The molecule has 1 fully saturated rings. The van der Waals surface area contributed by atoms with Gasteiger partial charge in [0.1, 0.15) is 6.61 Å². The molecule has 1 saturated heterocycles. The van der Waals surface area contributed by atoms with E-state index in [0.29, 0.717) is 0 Å². The van der Waals surface area contributed by atoms with Crippen LogP contribution in [-0.4, -0.2) is 29.6 Å². The molecule has 1 aromatic rings. The van der Waals surface area contributed by atoms with Gasteiger partial charge < -0.3 is 9.47 Å². The van der Waals surface area contributed by atoms with Crippen LogP contribution in [0.5, 0.6) is 5.88 Å². The number of halogens is 1. The maximum Gasteiger partial charge on any atom is 0.226 e. The molecule has 0 saturated carbocycles. The predicted molar refractivity (Wildman–Crippen MR) is 48.7 cm³/mol. The van der Waals surface area contributed by atoms with Gasteiger partial charge in [0.25, 0.3) is 0 Å². The SMILES string of the molecule is Brc1cnn2c1OCC1(COC1)C2. The molecule has 70 valence electrons. The van der Waals surface area contributed by atoms with Crippen LogP contribution < -0.4 is 4.74 Å². The molecule has 4 nitrogen and oxygen atoms in total. The Balaban J connectivity index is 1.95. The predicted octanol–water partition coefficient (Wildman–Crippen LogP) is 1.05. The number of ether oxygens (including phenoxy) is 2. The maximum atomic E-state index is 5.63. The van der Waals surface area contributed by atoms with Gasteiger partial charge in [-0.3, -0.25) is 0 Å². The lowest BCUT2D eigenvalue weighted by Gasteiger charge is -2.43. The summed E-state index contributed by atoms with van der Waals surface area (Å²) in [6.07, 6.45) is 1.77. The Morgan fingerprint density at radius 3 is 3.00 bits per heavy atom. The van der Waals surface area contributed by atoms with Crippen molar-refractivity contribution in [3.05, 3.63) is 10.7 Å². The Morgan fingerprint density at radius 2 is 2.31 bits per heavy atom. The summed E-state index contributed by atoms with van der Waals surface area (Å²) in [5.74, 6) is 0.845. The number of rotatable bonds is 0. The van der Waals surface area contributed by atoms with E-state index in [0.717, 1.165) is 36.7 Å². The van der Waals surface area contributed by atoms with Crippen LogP contribution in [0.2, 0.25) is 0 Å². The first-order chi connectivity index (χ1) is 6.29. The summed E-state index contributed by atoms with van der Waals surface area (Å²) < 4.78 is 13.7. The number of aromatic nitrogens is 2. The second-order valence-corrected chi connectivity index (χ2v) is 4.59. The van der Waals surface area contributed by atoms with Crippen molar-refractivity contribution < 1.29 is 9.47 Å². The number of hydrogen-bond donors (Lipinski definition) is 0. The summed E-state index contributed by atoms with van der Waals surface area (Å²) in [6.45, 7) is 3.25. The van der Waals surface area contributed by atoms with E-state index in [1.54, 1.807) is 6.20 Å². The monoisotopic (exact) mass is 244 g/mol. The van der Waals surface area contributed by atoms with E-state index in [2.05, 4.69) is 21.0 Å². The fraction of sp³-hybridized carbons (Fsp3) is 0.625. The van der Waals surface area contributed by atoms with Gasteiger partial charge in [0.15, 0.2) is 0 Å². The molecule has 0 unspecified atom stereocenters. The first-order valence-electron chi connectivity index (χ1n) is 4.21. The van der Waals surface area contributed by atoms with Crippen molar-refractivity contribution in [2.45, 2.75) is 6.54 Å². The minimum Gasteiger partial charge on any atom is -0.476 e. The van der Waals surface area contributed by atoms with E-state index in [9.17, 15) is 0 Å². The number of hydrogen-bond acceptors (Lipinski definition) is 3. The Bertz CT molecular complexity index is 346. The lowest BCUT2D eigenvalue weighted by molar-refractivity contribution is -0.154. The average molecular weight is 245 g/mol. The lowest BCUT2D eigenvalue weighted by Crippen LogP contribution is -2.52. The molecule has 13 heavy (non-hydrogen) atoms. The average Bonchev–Trinajstić information content (AvgIpc) is 2.45. The van der Waals surface area contributed by atoms with Gasteiger partial charge in [0.05, 0.1) is 35.8 Å². The molecule has 5 heteroatoms. The first kappa shape index (κ1) is 7.82. The highest BCUT2D eigenvalue weighted by molar-refractivity contribution is 9.10. The van der Waals surface area contributed by atoms with Crippen LogP contribution in [0.25, 0.3) is 0 Å². The van der Waals surface area contributed by atoms with E-state index in [1.165, 1.54) is 0 Å². The van der Waals surface area contributed by atoms with Gasteiger partial charge in [0.2, 0.25) is 5.88 Å². The lowest BCUT2D eigenvalue weighted by atomic mass is 9.86. The highest BCUT2D eigenvalue weighted by atomic mass is 79.9. The zero-order valence-electron chi connectivity index (χ0n) is 6.99. The molecule has 0 atom stereocenters. The van der Waals surface area contributed by atoms with E-state index < -0.39 is 0 Å². The Morgan fingerprint density at radius 1 is 1.46 bits per heavy atom. The van der Waals surface area contributed by atoms with Crippen LogP contribution in [0.1, 0.15) is 0 Å². The van der Waals surface area contributed by atoms with Crippen molar-refractivity contribution in [2.75, 3.05) is 19.8 Å². The smallest absolute Gasteiger partial charge is 0.226 e. The molecular formula is C8H9BrN2O2. The van der Waals surface area contributed by atoms with Gasteiger partial charge in [-0.05, 0) is 15.9 Å². The maximum absolute atomic E-state index is 5.63. The summed E-state index contributed by atoms with van der Waals surface area (Å²) >= 11 is 3.39. The summed E-state index contributed by atoms with van der Waals surface area (Å²) in [5, 5.41) is 4.22. The van der Waals surface area contributed by atoms with Crippen LogP contribution >= 0.6 is 15.9 Å². The highest BCUT2D eigenvalue weighted by Gasteiger charge is 2.43. The van der Waals surface area contributed by atoms with Crippen LogP contribution in [0, 0.1) is 5.41 Å². The minimum absolute atomic E-state index is 0.193. The van der Waals surface area contributed by atoms with Gasteiger partial charge in [-0.25, -0.2) is 4.68 Å². The van der Waals surface area contributed by atoms with Crippen LogP contribution in [0.3, 0.4) is 0 Å². The van der Waals surface area contributed by atoms with Crippen LogP contribution in [-0.2, 0) is 11.3 Å². The number of fused-ring (bicyclic) bond motifs is 1. The first-order valence-corrected chi connectivity index (χ1v) is 5.00. The van der Waals surface area contributed by atoms with Crippen molar-refractivity contribution >= 4 is 15.9 Å². The van der Waals surface area contributed by atoms with Crippen molar-refractivity contribution in [1.82, 2.24) is 9.78 Å². The minimum atomic E-state index is 0.193. The number of nitrogens with zero attached hydrogens (tertiary/aromatic N) is 2. The standard InChI is InChI=1S/C8H9BrN2O2/c9-6-1-10-11-2-8(3-12-4-8)5-13-7(6)11/h1H,2-5H2. The third kappa shape index (κ3) is 1.03. The largest absolute Gasteiger partial charge is 0.476 e. The van der Waals surface area contributed by atoms with Gasteiger partial charge >= 0.3 is 0 Å². The molecule has 1 aromatic heterocycles. The fourth-order valence-electron chi connectivity index (χ4n) is 1.76. The Hall–Kier alpha value is -0.550. The molecule has 2 aliphatic heterocycles. The fourth-order valence-corrected chi connectivity index (χ4v) is 2.17.